The summed E-state index contributed by atoms with van der Waals surface area (Å²) in [6.45, 7) is 4.54. The van der Waals surface area contributed by atoms with E-state index in [0.29, 0.717) is 18.6 Å². The zero-order valence-electron chi connectivity index (χ0n) is 13.0. The van der Waals surface area contributed by atoms with Gasteiger partial charge in [-0.2, -0.15) is 0 Å². The maximum Gasteiger partial charge on any atom is 0.407 e. The van der Waals surface area contributed by atoms with Crippen molar-refractivity contribution in [1.29, 1.82) is 0 Å². The van der Waals surface area contributed by atoms with Gasteiger partial charge in [0.2, 0.25) is 0 Å². The van der Waals surface area contributed by atoms with Crippen LogP contribution in [0, 0.1) is 5.92 Å². The van der Waals surface area contributed by atoms with Gasteiger partial charge in [-0.15, -0.1) is 12.4 Å². The summed E-state index contributed by atoms with van der Waals surface area (Å²) >= 11 is 0. The fraction of sp³-hybridized carbons (Fsp3) is 0.933. The van der Waals surface area contributed by atoms with Crippen LogP contribution in [-0.2, 0) is 9.47 Å². The summed E-state index contributed by atoms with van der Waals surface area (Å²) < 4.78 is 10.5. The predicted molar refractivity (Wildman–Crippen MR) is 85.0 cm³/mol. The number of amides is 1. The van der Waals surface area contributed by atoms with Crippen LogP contribution in [0.25, 0.3) is 0 Å². The number of hydrogen-bond acceptors (Lipinski definition) is 4. The Morgan fingerprint density at radius 2 is 1.86 bits per heavy atom. The smallest absolute Gasteiger partial charge is 0.407 e. The Morgan fingerprint density at radius 1 is 1.19 bits per heavy atom. The molecule has 0 bridgehead atoms. The average Bonchev–Trinajstić information content (AvgIpc) is 2.97. The number of nitrogens with zero attached hydrogens (tertiary/aromatic N) is 1. The van der Waals surface area contributed by atoms with E-state index in [0.717, 1.165) is 51.9 Å². The van der Waals surface area contributed by atoms with Crippen molar-refractivity contribution in [2.24, 2.45) is 5.92 Å². The molecule has 1 saturated carbocycles. The topological polar surface area (TPSA) is 50.8 Å². The summed E-state index contributed by atoms with van der Waals surface area (Å²) in [5.74, 6) is 0.517. The third-order valence-corrected chi connectivity index (χ3v) is 4.45. The summed E-state index contributed by atoms with van der Waals surface area (Å²) in [5, 5.41) is 2.97. The number of nitrogens with one attached hydrogen (secondary N) is 1. The van der Waals surface area contributed by atoms with E-state index in [1.807, 2.05) is 0 Å². The molecular formula is C15H29ClN2O3. The first kappa shape index (κ1) is 18.5. The standard InChI is InChI=1S/C15H28N2O3.ClH/c1-19-11-10-17-8-6-13(7-9-17)12-20-15(18)16-14-4-2-3-5-14;/h13-14H,2-12H2,1H3,(H,16,18);1H. The summed E-state index contributed by atoms with van der Waals surface area (Å²) in [5.41, 5.74) is 0. The zero-order chi connectivity index (χ0) is 14.2. The van der Waals surface area contributed by atoms with Crippen molar-refractivity contribution in [2.45, 2.75) is 44.6 Å². The number of piperidine rings is 1. The van der Waals surface area contributed by atoms with Crippen molar-refractivity contribution in [3.63, 3.8) is 0 Å². The monoisotopic (exact) mass is 320 g/mol. The lowest BCUT2D eigenvalue weighted by Gasteiger charge is -2.31. The van der Waals surface area contributed by atoms with Crippen LogP contribution >= 0.6 is 12.4 Å². The number of carbonyl (C=O) groups is 1. The van der Waals surface area contributed by atoms with Crippen molar-refractivity contribution in [2.75, 3.05) is 40.0 Å². The highest BCUT2D eigenvalue weighted by Gasteiger charge is 2.22. The number of ether oxygens (including phenoxy) is 2. The van der Waals surface area contributed by atoms with Crippen LogP contribution < -0.4 is 5.32 Å². The fourth-order valence-corrected chi connectivity index (χ4v) is 3.07. The Bertz CT molecular complexity index is 291. The van der Waals surface area contributed by atoms with E-state index in [9.17, 15) is 4.79 Å². The molecule has 2 fully saturated rings. The fourth-order valence-electron chi connectivity index (χ4n) is 3.07. The molecule has 1 amide bonds. The Morgan fingerprint density at radius 3 is 2.48 bits per heavy atom. The molecule has 124 valence electrons. The van der Waals surface area contributed by atoms with E-state index in [1.54, 1.807) is 7.11 Å². The van der Waals surface area contributed by atoms with Crippen molar-refractivity contribution in [1.82, 2.24) is 10.2 Å². The molecule has 0 atom stereocenters. The highest BCUT2D eigenvalue weighted by Crippen LogP contribution is 2.19. The molecular weight excluding hydrogens is 292 g/mol. The highest BCUT2D eigenvalue weighted by molar-refractivity contribution is 5.85. The third kappa shape index (κ3) is 6.85. The Hall–Kier alpha value is -0.520. The number of carbonyl (C=O) groups excluding carboxylic acids is 1. The highest BCUT2D eigenvalue weighted by atomic mass is 35.5. The Labute approximate surface area is 134 Å². The average molecular weight is 321 g/mol. The molecule has 1 aliphatic heterocycles. The SMILES string of the molecule is COCCN1CCC(COC(=O)NC2CCCC2)CC1.Cl. The molecule has 5 nitrogen and oxygen atoms in total. The van der Waals surface area contributed by atoms with Crippen molar-refractivity contribution < 1.29 is 14.3 Å². The number of alkyl carbamates (subject to hydrolysis) is 1. The van der Waals surface area contributed by atoms with Gasteiger partial charge in [0.15, 0.2) is 0 Å². The molecule has 1 aliphatic carbocycles. The zero-order valence-corrected chi connectivity index (χ0v) is 13.8. The normalized spacial score (nSPS) is 21.0. The molecule has 0 aromatic carbocycles. The summed E-state index contributed by atoms with van der Waals surface area (Å²) in [6.07, 6.45) is 6.66. The van der Waals surface area contributed by atoms with Gasteiger partial charge in [-0.25, -0.2) is 4.79 Å². The van der Waals surface area contributed by atoms with Gasteiger partial charge in [0, 0.05) is 19.7 Å². The van der Waals surface area contributed by atoms with Crippen molar-refractivity contribution >= 4 is 18.5 Å². The first-order valence-electron chi connectivity index (χ1n) is 7.92. The van der Waals surface area contributed by atoms with Crippen LogP contribution in [0.2, 0.25) is 0 Å². The van der Waals surface area contributed by atoms with E-state index >= 15 is 0 Å². The van der Waals surface area contributed by atoms with Gasteiger partial charge in [-0.1, -0.05) is 12.8 Å². The molecule has 6 heteroatoms. The number of methoxy groups -OCH3 is 1. The van der Waals surface area contributed by atoms with Gasteiger partial charge in [0.05, 0.1) is 13.2 Å². The van der Waals surface area contributed by atoms with Gasteiger partial charge in [0.1, 0.15) is 0 Å². The van der Waals surface area contributed by atoms with Crippen molar-refractivity contribution in [3.8, 4) is 0 Å². The molecule has 1 saturated heterocycles. The molecule has 0 aromatic heterocycles. The minimum Gasteiger partial charge on any atom is -0.449 e. The summed E-state index contributed by atoms with van der Waals surface area (Å²) in [7, 11) is 1.74. The number of rotatable bonds is 6. The van der Waals surface area contributed by atoms with Crippen LogP contribution in [0.1, 0.15) is 38.5 Å². The number of halogens is 1. The Kier molecular flexibility index (Phi) is 9.04. The molecule has 0 unspecified atom stereocenters. The van der Waals surface area contributed by atoms with Crippen LogP contribution in [-0.4, -0.2) is 57.0 Å². The van der Waals surface area contributed by atoms with E-state index < -0.39 is 0 Å². The third-order valence-electron chi connectivity index (χ3n) is 4.45. The number of likely N-dealkylation sites (tertiary alicyclic amines) is 1. The largest absolute Gasteiger partial charge is 0.449 e. The van der Waals surface area contributed by atoms with Gasteiger partial charge in [-0.3, -0.25) is 0 Å². The van der Waals surface area contributed by atoms with E-state index in [1.165, 1.54) is 12.8 Å². The second kappa shape index (κ2) is 10.2. The maximum atomic E-state index is 11.7. The van der Waals surface area contributed by atoms with E-state index in [4.69, 9.17) is 9.47 Å². The maximum absolute atomic E-state index is 11.7. The second-order valence-corrected chi connectivity index (χ2v) is 6.00. The predicted octanol–water partition coefficient (Wildman–Crippen LogP) is 2.44. The van der Waals surface area contributed by atoms with Gasteiger partial charge in [-0.05, 0) is 44.7 Å². The molecule has 0 spiro atoms. The van der Waals surface area contributed by atoms with Crippen LogP contribution in [0.15, 0.2) is 0 Å². The van der Waals surface area contributed by atoms with E-state index in [-0.39, 0.29) is 18.5 Å². The van der Waals surface area contributed by atoms with Crippen LogP contribution in [0.3, 0.4) is 0 Å². The van der Waals surface area contributed by atoms with Gasteiger partial charge >= 0.3 is 6.09 Å². The number of hydrogen-bond donors (Lipinski definition) is 1. The van der Waals surface area contributed by atoms with Crippen molar-refractivity contribution in [3.05, 3.63) is 0 Å². The molecule has 2 aliphatic rings. The minimum absolute atomic E-state index is 0. The lowest BCUT2D eigenvalue weighted by atomic mass is 9.98. The minimum atomic E-state index is -0.223. The quantitative estimate of drug-likeness (QED) is 0.816. The lowest BCUT2D eigenvalue weighted by Crippen LogP contribution is -2.38. The van der Waals surface area contributed by atoms with Gasteiger partial charge in [0.25, 0.3) is 0 Å². The van der Waals surface area contributed by atoms with Crippen LogP contribution in [0.5, 0.6) is 0 Å². The molecule has 1 heterocycles. The second-order valence-electron chi connectivity index (χ2n) is 6.00. The summed E-state index contributed by atoms with van der Waals surface area (Å²) in [6, 6.07) is 0.346. The Balaban J connectivity index is 0.00000220. The lowest BCUT2D eigenvalue weighted by molar-refractivity contribution is 0.0821. The first-order chi connectivity index (χ1) is 9.78. The molecule has 1 N–H and O–H groups in total. The van der Waals surface area contributed by atoms with Crippen LogP contribution in [0.4, 0.5) is 4.79 Å². The van der Waals surface area contributed by atoms with E-state index in [2.05, 4.69) is 10.2 Å². The van der Waals surface area contributed by atoms with Gasteiger partial charge < -0.3 is 19.7 Å². The molecule has 0 aromatic rings. The molecule has 0 radical (unpaired) electrons. The molecule has 2 rings (SSSR count). The summed E-state index contributed by atoms with van der Waals surface area (Å²) in [4.78, 5) is 14.1. The molecule has 21 heavy (non-hydrogen) atoms. The first-order valence-corrected chi connectivity index (χ1v) is 7.92.